The Morgan fingerprint density at radius 3 is 2.62 bits per heavy atom. The average molecular weight is 295 g/mol. The van der Waals surface area contributed by atoms with Crippen molar-refractivity contribution < 1.29 is 19.2 Å². The van der Waals surface area contributed by atoms with Crippen LogP contribution in [0.1, 0.15) is 37.6 Å². The fourth-order valence-corrected chi connectivity index (χ4v) is 2.64. The lowest BCUT2D eigenvalue weighted by atomic mass is 9.76. The Morgan fingerprint density at radius 1 is 1.48 bits per heavy atom. The summed E-state index contributed by atoms with van der Waals surface area (Å²) in [5.41, 5.74) is -0.00805. The smallest absolute Gasteiger partial charge is 0.317 e. The minimum absolute atomic E-state index is 0.189. The number of hydrogen-bond acceptors (Lipinski definition) is 4. The molecular weight excluding hydrogens is 274 g/mol. The Bertz CT molecular complexity index is 518. The van der Waals surface area contributed by atoms with Crippen molar-refractivity contribution in [1.29, 1.82) is 0 Å². The summed E-state index contributed by atoms with van der Waals surface area (Å²) in [4.78, 5) is 25.1. The number of carboxylic acids is 1. The van der Waals surface area contributed by atoms with Crippen LogP contribution in [0, 0.1) is 12.3 Å². The van der Waals surface area contributed by atoms with Gasteiger partial charge in [0, 0.05) is 19.2 Å². The number of aromatic nitrogens is 1. The summed E-state index contributed by atoms with van der Waals surface area (Å²) in [5.74, 6) is -0.0606. The molecule has 0 spiro atoms. The Balaban J connectivity index is 1.84. The third-order valence-corrected chi connectivity index (χ3v) is 4.24. The van der Waals surface area contributed by atoms with E-state index in [-0.39, 0.29) is 6.03 Å². The number of aryl methyl sites for hydroxylation is 1. The molecule has 2 heterocycles. The van der Waals surface area contributed by atoms with E-state index < -0.39 is 11.4 Å². The van der Waals surface area contributed by atoms with E-state index in [2.05, 4.69) is 10.5 Å². The van der Waals surface area contributed by atoms with Crippen LogP contribution in [-0.4, -0.2) is 40.3 Å². The normalized spacial score (nSPS) is 17.5. The molecule has 0 radical (unpaired) electrons. The first kappa shape index (κ1) is 15.3. The number of likely N-dealkylation sites (tertiary alicyclic amines) is 1. The largest absolute Gasteiger partial charge is 0.481 e. The first-order valence-corrected chi connectivity index (χ1v) is 7.15. The molecule has 0 atom stereocenters. The van der Waals surface area contributed by atoms with Crippen LogP contribution < -0.4 is 5.32 Å². The number of amides is 2. The molecule has 0 bridgehead atoms. The highest BCUT2D eigenvalue weighted by Crippen LogP contribution is 2.35. The molecule has 2 N–H and O–H groups in total. The van der Waals surface area contributed by atoms with Gasteiger partial charge in [-0.05, 0) is 26.2 Å². The molecule has 1 aliphatic rings. The Labute approximate surface area is 123 Å². The van der Waals surface area contributed by atoms with Gasteiger partial charge >= 0.3 is 12.0 Å². The second-order valence-electron chi connectivity index (χ2n) is 5.51. The van der Waals surface area contributed by atoms with Gasteiger partial charge in [-0.3, -0.25) is 4.79 Å². The quantitative estimate of drug-likeness (QED) is 0.882. The van der Waals surface area contributed by atoms with Gasteiger partial charge in [0.15, 0.2) is 0 Å². The highest BCUT2D eigenvalue weighted by molar-refractivity contribution is 5.77. The number of carboxylic acid groups (broad SMARTS) is 1. The second-order valence-corrected chi connectivity index (χ2v) is 5.51. The van der Waals surface area contributed by atoms with E-state index in [9.17, 15) is 14.7 Å². The van der Waals surface area contributed by atoms with E-state index in [1.165, 1.54) is 0 Å². The van der Waals surface area contributed by atoms with Crippen molar-refractivity contribution in [3.63, 3.8) is 0 Å². The zero-order valence-electron chi connectivity index (χ0n) is 12.4. The molecule has 0 aromatic carbocycles. The molecule has 1 aromatic rings. The van der Waals surface area contributed by atoms with Gasteiger partial charge in [0.2, 0.25) is 0 Å². The lowest BCUT2D eigenvalue weighted by Crippen LogP contribution is -2.49. The molecule has 0 saturated carbocycles. The predicted molar refractivity (Wildman–Crippen MR) is 74.6 cm³/mol. The fourth-order valence-electron chi connectivity index (χ4n) is 2.64. The molecule has 2 amide bonds. The van der Waals surface area contributed by atoms with E-state index in [1.54, 1.807) is 17.9 Å². The summed E-state index contributed by atoms with van der Waals surface area (Å²) in [6.07, 6.45) is 1.58. The summed E-state index contributed by atoms with van der Waals surface area (Å²) < 4.78 is 4.93. The van der Waals surface area contributed by atoms with E-state index in [0.29, 0.717) is 50.4 Å². The van der Waals surface area contributed by atoms with Crippen molar-refractivity contribution in [1.82, 2.24) is 15.4 Å². The van der Waals surface area contributed by atoms with Gasteiger partial charge < -0.3 is 19.8 Å². The van der Waals surface area contributed by atoms with Crippen LogP contribution in [-0.2, 0) is 11.3 Å². The number of aliphatic carboxylic acids is 1. The van der Waals surface area contributed by atoms with Gasteiger partial charge in [0.25, 0.3) is 0 Å². The number of hydrogen-bond donors (Lipinski definition) is 2. The highest BCUT2D eigenvalue weighted by atomic mass is 16.5. The van der Waals surface area contributed by atoms with E-state index in [0.717, 1.165) is 0 Å². The third-order valence-electron chi connectivity index (χ3n) is 4.24. The number of nitrogens with zero attached hydrogens (tertiary/aromatic N) is 2. The number of rotatable bonds is 4. The standard InChI is InChI=1S/C14H21N3O4/c1-3-14(12(18)19)4-6-17(7-5-14)13(20)15-9-11-8-10(2)21-16-11/h8H,3-7,9H2,1-2H3,(H,15,20)(H,18,19). The van der Waals surface area contributed by atoms with Crippen LogP contribution in [0.2, 0.25) is 0 Å². The van der Waals surface area contributed by atoms with Crippen molar-refractivity contribution in [2.45, 2.75) is 39.7 Å². The topological polar surface area (TPSA) is 95.7 Å². The number of nitrogens with one attached hydrogen (secondary N) is 1. The molecule has 116 valence electrons. The van der Waals surface area contributed by atoms with Gasteiger partial charge in [0.05, 0.1) is 12.0 Å². The van der Waals surface area contributed by atoms with Crippen molar-refractivity contribution in [3.05, 3.63) is 17.5 Å². The lowest BCUT2D eigenvalue weighted by Gasteiger charge is -2.38. The van der Waals surface area contributed by atoms with Crippen LogP contribution in [0.25, 0.3) is 0 Å². The number of urea groups is 1. The van der Waals surface area contributed by atoms with Crippen LogP contribution in [0.4, 0.5) is 4.79 Å². The average Bonchev–Trinajstić information content (AvgIpc) is 2.90. The summed E-state index contributed by atoms with van der Waals surface area (Å²) >= 11 is 0. The van der Waals surface area contributed by atoms with Crippen molar-refractivity contribution in [2.24, 2.45) is 5.41 Å². The highest BCUT2D eigenvalue weighted by Gasteiger charge is 2.40. The molecule has 21 heavy (non-hydrogen) atoms. The molecule has 0 unspecified atom stereocenters. The molecular formula is C14H21N3O4. The molecule has 7 nitrogen and oxygen atoms in total. The Hall–Kier alpha value is -2.05. The maximum Gasteiger partial charge on any atom is 0.317 e. The molecule has 1 aliphatic heterocycles. The van der Waals surface area contributed by atoms with Gasteiger partial charge in [-0.1, -0.05) is 12.1 Å². The summed E-state index contributed by atoms with van der Waals surface area (Å²) in [7, 11) is 0. The van der Waals surface area contributed by atoms with Crippen LogP contribution in [0.15, 0.2) is 10.6 Å². The van der Waals surface area contributed by atoms with Gasteiger partial charge in [-0.2, -0.15) is 0 Å². The molecule has 7 heteroatoms. The van der Waals surface area contributed by atoms with Gasteiger partial charge in [-0.25, -0.2) is 4.79 Å². The summed E-state index contributed by atoms with van der Waals surface area (Å²) in [6, 6.07) is 1.58. The van der Waals surface area contributed by atoms with E-state index in [1.807, 2.05) is 6.92 Å². The zero-order valence-corrected chi connectivity index (χ0v) is 12.4. The third kappa shape index (κ3) is 3.34. The number of carbonyl (C=O) groups is 2. The van der Waals surface area contributed by atoms with Crippen molar-refractivity contribution in [3.8, 4) is 0 Å². The monoisotopic (exact) mass is 295 g/mol. The molecule has 1 saturated heterocycles. The SMILES string of the molecule is CCC1(C(=O)O)CCN(C(=O)NCc2cc(C)on2)CC1. The molecule has 0 aliphatic carbocycles. The van der Waals surface area contributed by atoms with Crippen LogP contribution >= 0.6 is 0 Å². The number of piperidine rings is 1. The van der Waals surface area contributed by atoms with E-state index in [4.69, 9.17) is 4.52 Å². The van der Waals surface area contributed by atoms with Crippen molar-refractivity contribution in [2.75, 3.05) is 13.1 Å². The Morgan fingerprint density at radius 2 is 2.14 bits per heavy atom. The minimum Gasteiger partial charge on any atom is -0.481 e. The second kappa shape index (κ2) is 6.15. The molecule has 2 rings (SSSR count). The maximum absolute atomic E-state index is 12.1. The van der Waals surface area contributed by atoms with Crippen LogP contribution in [0.5, 0.6) is 0 Å². The first-order chi connectivity index (χ1) is 9.97. The van der Waals surface area contributed by atoms with Gasteiger partial charge in [0.1, 0.15) is 11.5 Å². The lowest BCUT2D eigenvalue weighted by molar-refractivity contribution is -0.151. The Kier molecular flexibility index (Phi) is 4.50. The molecule has 1 aromatic heterocycles. The van der Waals surface area contributed by atoms with Gasteiger partial charge in [-0.15, -0.1) is 0 Å². The minimum atomic E-state index is -0.761. The number of carbonyl (C=O) groups excluding carboxylic acids is 1. The summed E-state index contributed by atoms with van der Waals surface area (Å²) in [6.45, 7) is 4.91. The fraction of sp³-hybridized carbons (Fsp3) is 0.643. The maximum atomic E-state index is 12.1. The van der Waals surface area contributed by atoms with E-state index >= 15 is 0 Å². The first-order valence-electron chi connectivity index (χ1n) is 7.15. The zero-order chi connectivity index (χ0) is 15.5. The molecule has 1 fully saturated rings. The van der Waals surface area contributed by atoms with Crippen LogP contribution in [0.3, 0.4) is 0 Å². The summed E-state index contributed by atoms with van der Waals surface area (Å²) in [5, 5.41) is 15.9. The van der Waals surface area contributed by atoms with Crippen molar-refractivity contribution >= 4 is 12.0 Å². The predicted octanol–water partition coefficient (Wildman–Crippen LogP) is 1.77.